The zero-order valence-electron chi connectivity index (χ0n) is 12.5. The van der Waals surface area contributed by atoms with Crippen molar-refractivity contribution in [1.29, 1.82) is 0 Å². The summed E-state index contributed by atoms with van der Waals surface area (Å²) in [6.07, 6.45) is 0.0325. The molecule has 22 heavy (non-hydrogen) atoms. The maximum absolute atomic E-state index is 12.1. The first-order valence-corrected chi connectivity index (χ1v) is 8.36. The third-order valence-electron chi connectivity index (χ3n) is 4.09. The van der Waals surface area contributed by atoms with Crippen molar-refractivity contribution in [3.63, 3.8) is 0 Å². The molecule has 0 aliphatic heterocycles. The van der Waals surface area contributed by atoms with Gasteiger partial charge in [-0.25, -0.2) is 4.79 Å². The second-order valence-electron chi connectivity index (χ2n) is 5.72. The molecule has 5 heteroatoms. The smallest absolute Gasteiger partial charge is 0.315 e. The van der Waals surface area contributed by atoms with Crippen molar-refractivity contribution in [2.75, 3.05) is 6.54 Å². The Balaban J connectivity index is 1.56. The first-order valence-electron chi connectivity index (χ1n) is 7.49. The zero-order valence-corrected chi connectivity index (χ0v) is 13.3. The number of amides is 2. The topological polar surface area (TPSA) is 61.4 Å². The van der Waals surface area contributed by atoms with E-state index in [1.165, 1.54) is 4.88 Å². The highest BCUT2D eigenvalue weighted by molar-refractivity contribution is 7.10. The predicted molar refractivity (Wildman–Crippen MR) is 88.2 cm³/mol. The number of aliphatic hydroxyl groups is 1. The van der Waals surface area contributed by atoms with Crippen LogP contribution in [0.2, 0.25) is 0 Å². The van der Waals surface area contributed by atoms with E-state index in [9.17, 15) is 9.90 Å². The van der Waals surface area contributed by atoms with Crippen LogP contribution >= 0.6 is 11.3 Å². The first-order chi connectivity index (χ1) is 10.6. The molecule has 3 N–H and O–H groups in total. The van der Waals surface area contributed by atoms with Crippen LogP contribution in [0.5, 0.6) is 0 Å². The van der Waals surface area contributed by atoms with E-state index in [-0.39, 0.29) is 18.0 Å². The molecule has 2 aromatic rings. The van der Waals surface area contributed by atoms with Gasteiger partial charge in [0.05, 0.1) is 12.1 Å². The minimum Gasteiger partial charge on any atom is -0.390 e. The van der Waals surface area contributed by atoms with E-state index < -0.39 is 6.10 Å². The zero-order chi connectivity index (χ0) is 15.5. The fourth-order valence-corrected chi connectivity index (χ4v) is 3.65. The van der Waals surface area contributed by atoms with Gasteiger partial charge < -0.3 is 15.7 Å². The minimum absolute atomic E-state index is 0.232. The van der Waals surface area contributed by atoms with Crippen LogP contribution in [0.3, 0.4) is 0 Å². The molecule has 0 fully saturated rings. The van der Waals surface area contributed by atoms with Crippen LogP contribution in [0.1, 0.15) is 34.9 Å². The average Bonchev–Trinajstić information content (AvgIpc) is 3.14. The Labute approximate surface area is 134 Å². The second kappa shape index (κ2) is 6.50. The summed E-state index contributed by atoms with van der Waals surface area (Å²) in [6, 6.07) is 11.4. The molecule has 0 bridgehead atoms. The Morgan fingerprint density at radius 2 is 2.18 bits per heavy atom. The largest absolute Gasteiger partial charge is 0.390 e. The Bertz CT molecular complexity index is 642. The van der Waals surface area contributed by atoms with Gasteiger partial charge in [0.25, 0.3) is 0 Å². The second-order valence-corrected chi connectivity index (χ2v) is 6.70. The lowest BCUT2D eigenvalue weighted by Gasteiger charge is -2.19. The van der Waals surface area contributed by atoms with E-state index in [2.05, 4.69) is 23.6 Å². The van der Waals surface area contributed by atoms with Crippen molar-refractivity contribution in [1.82, 2.24) is 10.6 Å². The number of hydrogen-bond acceptors (Lipinski definition) is 3. The SMILES string of the molecule is CC(CNC(=O)N[C@@H]1c2ccccc2C[C@@H]1O)c1cccs1. The monoisotopic (exact) mass is 316 g/mol. The minimum atomic E-state index is -0.558. The summed E-state index contributed by atoms with van der Waals surface area (Å²) in [5.41, 5.74) is 2.11. The van der Waals surface area contributed by atoms with Gasteiger partial charge in [0.2, 0.25) is 0 Å². The number of thiophene rings is 1. The van der Waals surface area contributed by atoms with E-state index in [1.54, 1.807) is 11.3 Å². The van der Waals surface area contributed by atoms with Gasteiger partial charge in [0.15, 0.2) is 0 Å². The summed E-state index contributed by atoms with van der Waals surface area (Å²) < 4.78 is 0. The lowest BCUT2D eigenvalue weighted by molar-refractivity contribution is 0.142. The van der Waals surface area contributed by atoms with Crippen molar-refractivity contribution in [3.05, 3.63) is 57.8 Å². The molecule has 4 nitrogen and oxygen atoms in total. The average molecular weight is 316 g/mol. The molecule has 1 aliphatic carbocycles. The Morgan fingerprint density at radius 1 is 1.36 bits per heavy atom. The van der Waals surface area contributed by atoms with Gasteiger partial charge in [-0.05, 0) is 22.6 Å². The number of fused-ring (bicyclic) bond motifs is 1. The van der Waals surface area contributed by atoms with Crippen molar-refractivity contribution < 1.29 is 9.90 Å². The van der Waals surface area contributed by atoms with Gasteiger partial charge in [0, 0.05) is 23.8 Å². The highest BCUT2D eigenvalue weighted by atomic mass is 32.1. The molecule has 1 aliphatic rings. The van der Waals surface area contributed by atoms with Crippen LogP contribution < -0.4 is 10.6 Å². The predicted octanol–water partition coefficient (Wildman–Crippen LogP) is 2.81. The Kier molecular flexibility index (Phi) is 4.45. The molecule has 0 saturated carbocycles. The summed E-state index contributed by atoms with van der Waals surface area (Å²) in [4.78, 5) is 13.4. The maximum atomic E-state index is 12.1. The number of nitrogens with one attached hydrogen (secondary N) is 2. The molecular weight excluding hydrogens is 296 g/mol. The number of aliphatic hydroxyl groups excluding tert-OH is 1. The number of carbonyl (C=O) groups is 1. The van der Waals surface area contributed by atoms with Crippen LogP contribution in [-0.4, -0.2) is 23.8 Å². The summed E-state index contributed by atoms with van der Waals surface area (Å²) in [7, 11) is 0. The van der Waals surface area contributed by atoms with Gasteiger partial charge in [-0.1, -0.05) is 37.3 Å². The van der Waals surface area contributed by atoms with Crippen molar-refractivity contribution in [3.8, 4) is 0 Å². The molecule has 3 rings (SSSR count). The highest BCUT2D eigenvalue weighted by Crippen LogP contribution is 2.31. The maximum Gasteiger partial charge on any atom is 0.315 e. The molecule has 1 aromatic carbocycles. The highest BCUT2D eigenvalue weighted by Gasteiger charge is 2.31. The molecule has 0 radical (unpaired) electrons. The van der Waals surface area contributed by atoms with Gasteiger partial charge in [-0.15, -0.1) is 11.3 Å². The van der Waals surface area contributed by atoms with E-state index >= 15 is 0 Å². The molecule has 3 atom stereocenters. The molecule has 1 aromatic heterocycles. The molecule has 1 heterocycles. The van der Waals surface area contributed by atoms with Crippen LogP contribution in [0.25, 0.3) is 0 Å². The number of benzene rings is 1. The number of urea groups is 1. The van der Waals surface area contributed by atoms with Gasteiger partial charge in [0.1, 0.15) is 0 Å². The number of rotatable bonds is 4. The van der Waals surface area contributed by atoms with Crippen molar-refractivity contribution in [2.45, 2.75) is 31.4 Å². The van der Waals surface area contributed by atoms with Crippen LogP contribution in [0.4, 0.5) is 4.79 Å². The normalized spacial score (nSPS) is 21.2. The first kappa shape index (κ1) is 15.1. The quantitative estimate of drug-likeness (QED) is 0.812. The number of hydrogen-bond donors (Lipinski definition) is 3. The van der Waals surface area contributed by atoms with Gasteiger partial charge in [-0.2, -0.15) is 0 Å². The summed E-state index contributed by atoms with van der Waals surface area (Å²) in [5, 5.41) is 18.0. The molecule has 116 valence electrons. The summed E-state index contributed by atoms with van der Waals surface area (Å²) in [6.45, 7) is 2.67. The van der Waals surface area contributed by atoms with E-state index in [0.29, 0.717) is 13.0 Å². The van der Waals surface area contributed by atoms with E-state index in [1.807, 2.05) is 35.7 Å². The fourth-order valence-electron chi connectivity index (χ4n) is 2.86. The molecule has 0 spiro atoms. The van der Waals surface area contributed by atoms with Crippen LogP contribution in [0.15, 0.2) is 41.8 Å². The van der Waals surface area contributed by atoms with Gasteiger partial charge in [-0.3, -0.25) is 0 Å². The van der Waals surface area contributed by atoms with Crippen molar-refractivity contribution >= 4 is 17.4 Å². The molecular formula is C17H20N2O2S. The van der Waals surface area contributed by atoms with Gasteiger partial charge >= 0.3 is 6.03 Å². The number of carbonyl (C=O) groups excluding carboxylic acids is 1. The lowest BCUT2D eigenvalue weighted by Crippen LogP contribution is -2.42. The fraction of sp³-hybridized carbons (Fsp3) is 0.353. The van der Waals surface area contributed by atoms with Crippen LogP contribution in [-0.2, 0) is 6.42 Å². The van der Waals surface area contributed by atoms with Crippen molar-refractivity contribution in [2.24, 2.45) is 0 Å². The summed E-state index contributed by atoms with van der Waals surface area (Å²) in [5.74, 6) is 0.284. The van der Waals surface area contributed by atoms with Crippen LogP contribution in [0, 0.1) is 0 Å². The molecule has 0 saturated heterocycles. The molecule has 2 amide bonds. The third-order valence-corrected chi connectivity index (χ3v) is 5.19. The van der Waals surface area contributed by atoms with E-state index in [4.69, 9.17) is 0 Å². The third kappa shape index (κ3) is 3.15. The Morgan fingerprint density at radius 3 is 2.95 bits per heavy atom. The van der Waals surface area contributed by atoms with E-state index in [0.717, 1.165) is 11.1 Å². The summed E-state index contributed by atoms with van der Waals surface area (Å²) >= 11 is 1.69. The Hall–Kier alpha value is -1.85. The molecule has 1 unspecified atom stereocenters. The standard InChI is InChI=1S/C17H20N2O2S/c1-11(15-7-4-8-22-15)10-18-17(21)19-16-13-6-3-2-5-12(13)9-14(16)20/h2-8,11,14,16,20H,9-10H2,1H3,(H2,18,19,21)/t11?,14-,16+/m0/s1. The lowest BCUT2D eigenvalue weighted by atomic mass is 10.1.